The average Bonchev–Trinajstić information content (AvgIpc) is 2.01. The molecule has 0 radical (unpaired) electrons. The highest BCUT2D eigenvalue weighted by molar-refractivity contribution is 6.30. The maximum atomic E-state index is 5.98. The van der Waals surface area contributed by atoms with E-state index in [2.05, 4.69) is 9.97 Å². The van der Waals surface area contributed by atoms with E-state index in [0.717, 1.165) is 5.56 Å². The highest BCUT2D eigenvalue weighted by Gasteiger charge is 2.15. The van der Waals surface area contributed by atoms with Crippen molar-refractivity contribution in [3.8, 4) is 5.88 Å². The lowest BCUT2D eigenvalue weighted by Gasteiger charge is -2.15. The van der Waals surface area contributed by atoms with Gasteiger partial charge >= 0.3 is 0 Å². The summed E-state index contributed by atoms with van der Waals surface area (Å²) < 4.78 is 5.55. The van der Waals surface area contributed by atoms with Crippen LogP contribution >= 0.6 is 11.6 Å². The van der Waals surface area contributed by atoms with E-state index in [1.54, 1.807) is 0 Å². The van der Waals surface area contributed by atoms with Crippen molar-refractivity contribution in [3.63, 3.8) is 0 Å². The minimum absolute atomic E-state index is 0.0958. The maximum absolute atomic E-state index is 5.98. The van der Waals surface area contributed by atoms with Gasteiger partial charge in [-0.3, -0.25) is 0 Å². The van der Waals surface area contributed by atoms with E-state index in [-0.39, 0.29) is 12.0 Å². The van der Waals surface area contributed by atoms with Crippen LogP contribution < -0.4 is 4.74 Å². The molecule has 0 saturated heterocycles. The third kappa shape index (κ3) is 2.58. The van der Waals surface area contributed by atoms with Gasteiger partial charge in [-0.2, -0.15) is 0 Å². The van der Waals surface area contributed by atoms with Gasteiger partial charge in [0.15, 0.2) is 0 Å². The van der Waals surface area contributed by atoms with Crippen molar-refractivity contribution >= 4 is 11.6 Å². The first-order chi connectivity index (χ1) is 6.52. The van der Waals surface area contributed by atoms with Gasteiger partial charge in [-0.05, 0) is 19.8 Å². The molecule has 1 aromatic heterocycles. The summed E-state index contributed by atoms with van der Waals surface area (Å²) in [6.45, 7) is 8.00. The van der Waals surface area contributed by atoms with Crippen LogP contribution in [-0.2, 0) is 0 Å². The summed E-state index contributed by atoms with van der Waals surface area (Å²) in [5.41, 5.74) is 0.878. The van der Waals surface area contributed by atoms with Crippen LogP contribution in [0.4, 0.5) is 0 Å². The Morgan fingerprint density at radius 1 is 1.21 bits per heavy atom. The smallest absolute Gasteiger partial charge is 0.221 e. The van der Waals surface area contributed by atoms with Gasteiger partial charge in [-0.1, -0.05) is 25.4 Å². The minimum atomic E-state index is 0.0958. The third-order valence-electron chi connectivity index (χ3n) is 1.72. The molecule has 14 heavy (non-hydrogen) atoms. The van der Waals surface area contributed by atoms with Crippen LogP contribution in [0.1, 0.15) is 39.2 Å². The first-order valence-corrected chi connectivity index (χ1v) is 5.07. The fourth-order valence-corrected chi connectivity index (χ4v) is 1.50. The zero-order valence-corrected chi connectivity index (χ0v) is 9.67. The van der Waals surface area contributed by atoms with E-state index in [0.29, 0.717) is 11.0 Å². The van der Waals surface area contributed by atoms with E-state index in [9.17, 15) is 0 Å². The lowest BCUT2D eigenvalue weighted by molar-refractivity contribution is 0.228. The molecule has 3 nitrogen and oxygen atoms in total. The van der Waals surface area contributed by atoms with E-state index in [4.69, 9.17) is 16.3 Å². The number of halogens is 1. The lowest BCUT2D eigenvalue weighted by Crippen LogP contribution is -2.10. The molecular formula is C10H15ClN2O. The molecule has 1 aromatic rings. The number of ether oxygens (including phenoxy) is 1. The van der Waals surface area contributed by atoms with Crippen molar-refractivity contribution in [2.24, 2.45) is 0 Å². The molecule has 0 aromatic carbocycles. The number of hydrogen-bond donors (Lipinski definition) is 0. The Labute approximate surface area is 89.5 Å². The zero-order chi connectivity index (χ0) is 10.7. The molecule has 0 atom stereocenters. The quantitative estimate of drug-likeness (QED) is 0.726. The van der Waals surface area contributed by atoms with Gasteiger partial charge in [0.1, 0.15) is 11.5 Å². The summed E-state index contributed by atoms with van der Waals surface area (Å²) in [4.78, 5) is 8.03. The normalized spacial score (nSPS) is 11.1. The van der Waals surface area contributed by atoms with Crippen LogP contribution in [0.3, 0.4) is 0 Å². The van der Waals surface area contributed by atoms with Gasteiger partial charge in [0.25, 0.3) is 0 Å². The number of hydrogen-bond acceptors (Lipinski definition) is 3. The summed E-state index contributed by atoms with van der Waals surface area (Å²) >= 11 is 5.98. The van der Waals surface area contributed by atoms with Gasteiger partial charge in [0.05, 0.1) is 11.7 Å². The van der Waals surface area contributed by atoms with Gasteiger partial charge in [0.2, 0.25) is 5.88 Å². The molecule has 0 fully saturated rings. The maximum Gasteiger partial charge on any atom is 0.221 e. The molecule has 0 N–H and O–H groups in total. The summed E-state index contributed by atoms with van der Waals surface area (Å²) in [7, 11) is 0. The summed E-state index contributed by atoms with van der Waals surface area (Å²) in [6.07, 6.45) is 1.52. The molecule has 78 valence electrons. The van der Waals surface area contributed by atoms with Crippen LogP contribution in [0, 0.1) is 0 Å². The second kappa shape index (κ2) is 4.60. The number of nitrogens with zero attached hydrogens (tertiary/aromatic N) is 2. The van der Waals surface area contributed by atoms with Crippen molar-refractivity contribution in [3.05, 3.63) is 17.0 Å². The molecule has 0 aliphatic rings. The molecule has 0 bridgehead atoms. The van der Waals surface area contributed by atoms with Crippen molar-refractivity contribution in [2.75, 3.05) is 0 Å². The van der Waals surface area contributed by atoms with E-state index >= 15 is 0 Å². The Morgan fingerprint density at radius 3 is 2.36 bits per heavy atom. The van der Waals surface area contributed by atoms with E-state index in [1.807, 2.05) is 27.7 Å². The minimum Gasteiger partial charge on any atom is -0.475 e. The second-order valence-corrected chi connectivity index (χ2v) is 4.06. The predicted molar refractivity (Wildman–Crippen MR) is 56.9 cm³/mol. The van der Waals surface area contributed by atoms with Gasteiger partial charge in [-0.15, -0.1) is 0 Å². The summed E-state index contributed by atoms with van der Waals surface area (Å²) in [5, 5.41) is 0.477. The number of rotatable bonds is 3. The van der Waals surface area contributed by atoms with Crippen LogP contribution in [0.15, 0.2) is 6.33 Å². The number of aromatic nitrogens is 2. The average molecular weight is 215 g/mol. The van der Waals surface area contributed by atoms with Gasteiger partial charge in [0, 0.05) is 0 Å². The van der Waals surface area contributed by atoms with E-state index in [1.165, 1.54) is 6.33 Å². The van der Waals surface area contributed by atoms with Gasteiger partial charge in [-0.25, -0.2) is 9.97 Å². The zero-order valence-electron chi connectivity index (χ0n) is 8.91. The molecule has 0 aliphatic carbocycles. The monoisotopic (exact) mass is 214 g/mol. The van der Waals surface area contributed by atoms with Crippen LogP contribution in [-0.4, -0.2) is 16.1 Å². The van der Waals surface area contributed by atoms with E-state index < -0.39 is 0 Å². The van der Waals surface area contributed by atoms with Crippen LogP contribution in [0.5, 0.6) is 5.88 Å². The molecule has 0 saturated carbocycles. The van der Waals surface area contributed by atoms with Gasteiger partial charge < -0.3 is 4.74 Å². The first kappa shape index (κ1) is 11.2. The van der Waals surface area contributed by atoms with Crippen molar-refractivity contribution in [2.45, 2.75) is 39.7 Å². The Bertz CT molecular complexity index is 313. The Balaban J connectivity index is 3.08. The molecule has 0 aliphatic heterocycles. The molecular weight excluding hydrogens is 200 g/mol. The predicted octanol–water partition coefficient (Wildman–Crippen LogP) is 3.04. The molecule has 1 rings (SSSR count). The molecule has 0 spiro atoms. The molecule has 0 unspecified atom stereocenters. The SMILES string of the molecule is CC(C)Oc1ncnc(Cl)c1C(C)C. The van der Waals surface area contributed by atoms with Crippen molar-refractivity contribution in [1.82, 2.24) is 9.97 Å². The highest BCUT2D eigenvalue weighted by Crippen LogP contribution is 2.29. The largest absolute Gasteiger partial charge is 0.475 e. The Kier molecular flexibility index (Phi) is 3.69. The molecule has 4 heteroatoms. The van der Waals surface area contributed by atoms with Crippen molar-refractivity contribution in [1.29, 1.82) is 0 Å². The van der Waals surface area contributed by atoms with Crippen LogP contribution in [0.25, 0.3) is 0 Å². The standard InChI is InChI=1S/C10H15ClN2O/c1-6(2)8-9(11)12-5-13-10(8)14-7(3)4/h5-7H,1-4H3. The fraction of sp³-hybridized carbons (Fsp3) is 0.600. The molecule has 0 amide bonds. The Morgan fingerprint density at radius 2 is 1.86 bits per heavy atom. The fourth-order valence-electron chi connectivity index (χ4n) is 1.16. The highest BCUT2D eigenvalue weighted by atomic mass is 35.5. The third-order valence-corrected chi connectivity index (χ3v) is 2.02. The lowest BCUT2D eigenvalue weighted by atomic mass is 10.1. The molecule has 1 heterocycles. The summed E-state index contributed by atoms with van der Waals surface area (Å²) in [5.74, 6) is 0.854. The van der Waals surface area contributed by atoms with Crippen LogP contribution in [0.2, 0.25) is 5.15 Å². The van der Waals surface area contributed by atoms with Crippen molar-refractivity contribution < 1.29 is 4.74 Å². The second-order valence-electron chi connectivity index (χ2n) is 3.70. The first-order valence-electron chi connectivity index (χ1n) is 4.69. The summed E-state index contributed by atoms with van der Waals surface area (Å²) in [6, 6.07) is 0. The topological polar surface area (TPSA) is 35.0 Å². The Hall–Kier alpha value is -0.830.